The Morgan fingerprint density at radius 3 is 2.81 bits per heavy atom. The van der Waals surface area contributed by atoms with Gasteiger partial charge in [-0.25, -0.2) is 4.79 Å². The zero-order valence-corrected chi connectivity index (χ0v) is 10.3. The maximum Gasteiger partial charge on any atom is 0.342 e. The largest absolute Gasteiger partial charge is 0.459 e. The summed E-state index contributed by atoms with van der Waals surface area (Å²) in [7, 11) is 0. The standard InChI is InChI=1S/C12H16ClNO2/c1-3-5-8(2)16-12(15)11-9(13)6-4-7-10(11)14/h4,6-8H,3,5,14H2,1-2H3. The van der Waals surface area contributed by atoms with Crippen LogP contribution in [-0.4, -0.2) is 12.1 Å². The molecule has 0 heterocycles. The lowest BCUT2D eigenvalue weighted by Crippen LogP contribution is -2.16. The number of esters is 1. The molecule has 1 rings (SSSR count). The Balaban J connectivity index is 2.80. The van der Waals surface area contributed by atoms with Crippen LogP contribution < -0.4 is 5.73 Å². The van der Waals surface area contributed by atoms with Crippen LogP contribution in [0.5, 0.6) is 0 Å². The van der Waals surface area contributed by atoms with Gasteiger partial charge in [0.25, 0.3) is 0 Å². The minimum atomic E-state index is -0.455. The number of nitrogen functional groups attached to an aromatic ring is 1. The average Bonchev–Trinajstić information content (AvgIpc) is 2.17. The van der Waals surface area contributed by atoms with Crippen LogP contribution in [0.2, 0.25) is 5.02 Å². The third kappa shape index (κ3) is 3.14. The van der Waals surface area contributed by atoms with Crippen molar-refractivity contribution in [1.29, 1.82) is 0 Å². The normalized spacial score (nSPS) is 12.2. The van der Waals surface area contributed by atoms with Crippen LogP contribution in [0.15, 0.2) is 18.2 Å². The number of hydrogen-bond acceptors (Lipinski definition) is 3. The van der Waals surface area contributed by atoms with Gasteiger partial charge in [0.2, 0.25) is 0 Å². The Bertz CT molecular complexity index is 359. The SMILES string of the molecule is CCCC(C)OC(=O)c1c(N)cccc1Cl. The summed E-state index contributed by atoms with van der Waals surface area (Å²) in [6.45, 7) is 3.89. The Morgan fingerprint density at radius 1 is 1.56 bits per heavy atom. The number of hydrogen-bond donors (Lipinski definition) is 1. The fraction of sp³-hybridized carbons (Fsp3) is 0.417. The number of nitrogens with two attached hydrogens (primary N) is 1. The predicted octanol–water partition coefficient (Wildman–Crippen LogP) is 3.27. The topological polar surface area (TPSA) is 52.3 Å². The van der Waals surface area contributed by atoms with Crippen LogP contribution in [0.1, 0.15) is 37.0 Å². The summed E-state index contributed by atoms with van der Waals surface area (Å²) in [5.41, 5.74) is 6.29. The zero-order valence-electron chi connectivity index (χ0n) is 9.50. The minimum Gasteiger partial charge on any atom is -0.459 e. The van der Waals surface area contributed by atoms with E-state index in [0.29, 0.717) is 10.7 Å². The minimum absolute atomic E-state index is 0.117. The van der Waals surface area contributed by atoms with Crippen molar-refractivity contribution >= 4 is 23.3 Å². The van der Waals surface area contributed by atoms with Crippen LogP contribution in [0, 0.1) is 0 Å². The molecule has 0 spiro atoms. The number of halogens is 1. The van der Waals surface area contributed by atoms with Crippen LogP contribution in [0.25, 0.3) is 0 Å². The third-order valence-electron chi connectivity index (χ3n) is 2.25. The van der Waals surface area contributed by atoms with Gasteiger partial charge < -0.3 is 10.5 Å². The first-order chi connectivity index (χ1) is 7.56. The second-order valence-corrected chi connectivity index (χ2v) is 4.12. The van der Waals surface area contributed by atoms with Crippen molar-refractivity contribution < 1.29 is 9.53 Å². The molecule has 0 aliphatic carbocycles. The van der Waals surface area contributed by atoms with E-state index in [1.807, 2.05) is 13.8 Å². The molecule has 0 aliphatic rings. The zero-order chi connectivity index (χ0) is 12.1. The van der Waals surface area contributed by atoms with E-state index in [1.54, 1.807) is 18.2 Å². The van der Waals surface area contributed by atoms with Crippen LogP contribution in [0.4, 0.5) is 5.69 Å². The molecule has 0 fully saturated rings. The molecule has 4 heteroatoms. The van der Waals surface area contributed by atoms with E-state index in [0.717, 1.165) is 12.8 Å². The fourth-order valence-electron chi connectivity index (χ4n) is 1.46. The molecular weight excluding hydrogens is 226 g/mol. The third-order valence-corrected chi connectivity index (χ3v) is 2.57. The first-order valence-corrected chi connectivity index (χ1v) is 5.69. The van der Waals surface area contributed by atoms with Gasteiger partial charge in [-0.05, 0) is 25.5 Å². The van der Waals surface area contributed by atoms with Crippen molar-refractivity contribution in [2.24, 2.45) is 0 Å². The van der Waals surface area contributed by atoms with Gasteiger partial charge in [0.15, 0.2) is 0 Å². The van der Waals surface area contributed by atoms with Gasteiger partial charge in [-0.15, -0.1) is 0 Å². The summed E-state index contributed by atoms with van der Waals surface area (Å²) < 4.78 is 5.24. The molecule has 1 aromatic rings. The van der Waals surface area contributed by atoms with Crippen molar-refractivity contribution in [3.63, 3.8) is 0 Å². The van der Waals surface area contributed by atoms with Crippen LogP contribution >= 0.6 is 11.6 Å². The van der Waals surface area contributed by atoms with Gasteiger partial charge in [-0.2, -0.15) is 0 Å². The van der Waals surface area contributed by atoms with Crippen molar-refractivity contribution in [2.45, 2.75) is 32.8 Å². The van der Waals surface area contributed by atoms with E-state index in [9.17, 15) is 4.79 Å². The summed E-state index contributed by atoms with van der Waals surface area (Å²) in [6.07, 6.45) is 1.68. The Morgan fingerprint density at radius 2 is 2.25 bits per heavy atom. The van der Waals surface area contributed by atoms with Crippen molar-refractivity contribution in [3.8, 4) is 0 Å². The monoisotopic (exact) mass is 241 g/mol. The summed E-state index contributed by atoms with van der Waals surface area (Å²) >= 11 is 5.90. The Labute approximate surface area is 101 Å². The molecule has 1 unspecified atom stereocenters. The average molecular weight is 242 g/mol. The molecule has 1 atom stereocenters. The number of carbonyl (C=O) groups excluding carboxylic acids is 1. The second-order valence-electron chi connectivity index (χ2n) is 3.71. The number of rotatable bonds is 4. The van der Waals surface area contributed by atoms with E-state index < -0.39 is 5.97 Å². The van der Waals surface area contributed by atoms with Crippen molar-refractivity contribution in [3.05, 3.63) is 28.8 Å². The Hall–Kier alpha value is -1.22. The maximum absolute atomic E-state index is 11.8. The van der Waals surface area contributed by atoms with E-state index in [4.69, 9.17) is 22.1 Å². The van der Waals surface area contributed by atoms with E-state index in [-0.39, 0.29) is 11.7 Å². The number of ether oxygens (including phenoxy) is 1. The van der Waals surface area contributed by atoms with Crippen LogP contribution in [-0.2, 0) is 4.74 Å². The lowest BCUT2D eigenvalue weighted by molar-refractivity contribution is 0.0325. The fourth-order valence-corrected chi connectivity index (χ4v) is 1.72. The smallest absolute Gasteiger partial charge is 0.342 e. The lowest BCUT2D eigenvalue weighted by Gasteiger charge is -2.13. The molecule has 0 saturated heterocycles. The predicted molar refractivity (Wildman–Crippen MR) is 65.6 cm³/mol. The molecule has 0 amide bonds. The first-order valence-electron chi connectivity index (χ1n) is 5.31. The molecule has 2 N–H and O–H groups in total. The van der Waals surface area contributed by atoms with Gasteiger partial charge in [0, 0.05) is 5.69 Å². The van der Waals surface area contributed by atoms with Gasteiger partial charge in [-0.3, -0.25) is 0 Å². The number of anilines is 1. The lowest BCUT2D eigenvalue weighted by atomic mass is 10.2. The molecular formula is C12H16ClNO2. The Kier molecular flexibility index (Phi) is 4.62. The first kappa shape index (κ1) is 12.8. The summed E-state index contributed by atoms with van der Waals surface area (Å²) in [5.74, 6) is -0.455. The highest BCUT2D eigenvalue weighted by molar-refractivity contribution is 6.34. The number of carbonyl (C=O) groups is 1. The highest BCUT2D eigenvalue weighted by Gasteiger charge is 2.17. The van der Waals surface area contributed by atoms with Gasteiger partial charge in [0.05, 0.1) is 11.1 Å². The number of benzene rings is 1. The summed E-state index contributed by atoms with van der Waals surface area (Å²) in [4.78, 5) is 11.8. The highest BCUT2D eigenvalue weighted by Crippen LogP contribution is 2.23. The molecule has 88 valence electrons. The van der Waals surface area contributed by atoms with Crippen LogP contribution in [0.3, 0.4) is 0 Å². The second kappa shape index (κ2) is 5.75. The molecule has 0 bridgehead atoms. The molecule has 0 saturated carbocycles. The van der Waals surface area contributed by atoms with Gasteiger partial charge >= 0.3 is 5.97 Å². The van der Waals surface area contributed by atoms with Crippen molar-refractivity contribution in [2.75, 3.05) is 5.73 Å². The molecule has 0 aromatic heterocycles. The van der Waals surface area contributed by atoms with E-state index in [1.165, 1.54) is 0 Å². The van der Waals surface area contributed by atoms with Gasteiger partial charge in [0.1, 0.15) is 5.56 Å². The summed E-state index contributed by atoms with van der Waals surface area (Å²) in [6, 6.07) is 4.95. The van der Waals surface area contributed by atoms with E-state index >= 15 is 0 Å². The van der Waals surface area contributed by atoms with E-state index in [2.05, 4.69) is 0 Å². The molecule has 1 aromatic carbocycles. The maximum atomic E-state index is 11.8. The van der Waals surface area contributed by atoms with Gasteiger partial charge in [-0.1, -0.05) is 31.0 Å². The molecule has 3 nitrogen and oxygen atoms in total. The van der Waals surface area contributed by atoms with Crippen molar-refractivity contribution in [1.82, 2.24) is 0 Å². The quantitative estimate of drug-likeness (QED) is 0.650. The summed E-state index contributed by atoms with van der Waals surface area (Å²) in [5, 5.41) is 0.327. The highest BCUT2D eigenvalue weighted by atomic mass is 35.5. The molecule has 16 heavy (non-hydrogen) atoms. The molecule has 0 radical (unpaired) electrons. The molecule has 0 aliphatic heterocycles.